The van der Waals surface area contributed by atoms with Gasteiger partial charge in [0.2, 0.25) is 5.88 Å². The Kier molecular flexibility index (Phi) is 2.92. The second-order valence-corrected chi connectivity index (χ2v) is 2.80. The Morgan fingerprint density at radius 1 is 1.50 bits per heavy atom. The molecular formula is C8H6F3NO4. The van der Waals surface area contributed by atoms with E-state index in [-0.39, 0.29) is 5.56 Å². The average Bonchev–Trinajstić information content (AvgIpc) is 2.08. The molecule has 0 aliphatic carbocycles. The number of alkyl halides is 3. The van der Waals surface area contributed by atoms with Gasteiger partial charge < -0.3 is 14.9 Å². The zero-order valence-corrected chi connectivity index (χ0v) is 7.87. The number of aromatic carboxylic acids is 1. The van der Waals surface area contributed by atoms with Gasteiger partial charge in [0.05, 0.1) is 6.20 Å². The Balaban J connectivity index is 3.29. The summed E-state index contributed by atoms with van der Waals surface area (Å²) in [6, 6.07) is 0. The second-order valence-electron chi connectivity index (χ2n) is 2.80. The molecule has 8 heteroatoms. The largest absolute Gasteiger partial charge is 0.574 e. The van der Waals surface area contributed by atoms with E-state index in [2.05, 4.69) is 9.72 Å². The average molecular weight is 237 g/mol. The first-order chi connectivity index (χ1) is 7.22. The lowest BCUT2D eigenvalue weighted by Gasteiger charge is -2.12. The lowest BCUT2D eigenvalue weighted by Crippen LogP contribution is -2.20. The monoisotopic (exact) mass is 237 g/mol. The topological polar surface area (TPSA) is 79.7 Å². The summed E-state index contributed by atoms with van der Waals surface area (Å²) in [6.45, 7) is 1.14. The summed E-state index contributed by atoms with van der Waals surface area (Å²) in [5.41, 5.74) is -1.07. The summed E-state index contributed by atoms with van der Waals surface area (Å²) in [4.78, 5) is 13.8. The molecule has 0 spiro atoms. The summed E-state index contributed by atoms with van der Waals surface area (Å²) in [6.07, 6.45) is -4.36. The van der Waals surface area contributed by atoms with Crippen molar-refractivity contribution in [3.63, 3.8) is 0 Å². The predicted molar refractivity (Wildman–Crippen MR) is 44.3 cm³/mol. The van der Waals surface area contributed by atoms with Crippen molar-refractivity contribution in [3.8, 4) is 11.6 Å². The smallest absolute Gasteiger partial charge is 0.506 e. The highest BCUT2D eigenvalue weighted by atomic mass is 19.4. The van der Waals surface area contributed by atoms with Crippen molar-refractivity contribution >= 4 is 5.97 Å². The van der Waals surface area contributed by atoms with Gasteiger partial charge in [-0.1, -0.05) is 0 Å². The van der Waals surface area contributed by atoms with Crippen molar-refractivity contribution in [3.05, 3.63) is 17.3 Å². The number of halogens is 3. The van der Waals surface area contributed by atoms with E-state index >= 15 is 0 Å². The Morgan fingerprint density at radius 2 is 2.06 bits per heavy atom. The van der Waals surface area contributed by atoms with E-state index in [0.717, 1.165) is 6.92 Å². The van der Waals surface area contributed by atoms with Gasteiger partial charge in [-0.05, 0) is 6.92 Å². The normalized spacial score (nSPS) is 11.2. The third-order valence-electron chi connectivity index (χ3n) is 1.70. The molecule has 0 unspecified atom stereocenters. The van der Waals surface area contributed by atoms with Crippen LogP contribution in [0.4, 0.5) is 13.2 Å². The summed E-state index contributed by atoms with van der Waals surface area (Å²) in [7, 11) is 0. The molecule has 0 radical (unpaired) electrons. The van der Waals surface area contributed by atoms with Gasteiger partial charge in [-0.15, -0.1) is 13.2 Å². The highest BCUT2D eigenvalue weighted by Crippen LogP contribution is 2.30. The summed E-state index contributed by atoms with van der Waals surface area (Å²) >= 11 is 0. The van der Waals surface area contributed by atoms with Gasteiger partial charge in [0.25, 0.3) is 0 Å². The fourth-order valence-electron chi connectivity index (χ4n) is 1.01. The van der Waals surface area contributed by atoms with E-state index in [1.807, 2.05) is 0 Å². The van der Waals surface area contributed by atoms with Gasteiger partial charge in [-0.25, -0.2) is 9.78 Å². The van der Waals surface area contributed by atoms with Gasteiger partial charge in [0, 0.05) is 5.56 Å². The van der Waals surface area contributed by atoms with Crippen molar-refractivity contribution in [1.29, 1.82) is 0 Å². The molecule has 1 aromatic heterocycles. The lowest BCUT2D eigenvalue weighted by atomic mass is 10.1. The molecule has 0 fully saturated rings. The van der Waals surface area contributed by atoms with Gasteiger partial charge in [0.15, 0.2) is 0 Å². The molecule has 0 saturated heterocycles. The van der Waals surface area contributed by atoms with Gasteiger partial charge in [-0.2, -0.15) is 0 Å². The molecule has 0 aromatic carbocycles. The van der Waals surface area contributed by atoms with E-state index in [9.17, 15) is 18.0 Å². The molecule has 0 bridgehead atoms. The van der Waals surface area contributed by atoms with Crippen LogP contribution in [0.1, 0.15) is 15.9 Å². The molecule has 0 saturated carbocycles. The molecule has 16 heavy (non-hydrogen) atoms. The summed E-state index contributed by atoms with van der Waals surface area (Å²) in [5, 5.41) is 17.8. The van der Waals surface area contributed by atoms with Crippen LogP contribution in [0.15, 0.2) is 6.20 Å². The zero-order chi connectivity index (χ0) is 12.5. The van der Waals surface area contributed by atoms with Crippen LogP contribution in [-0.4, -0.2) is 27.5 Å². The standard InChI is InChI=1S/C8H6F3NO4/c1-3-4(13)2-12-6(5(3)7(14)15)16-8(9,10)11/h2,13H,1H3,(H,14,15). The van der Waals surface area contributed by atoms with Crippen LogP contribution < -0.4 is 4.74 Å². The number of carbonyl (C=O) groups is 1. The van der Waals surface area contributed by atoms with E-state index in [0.29, 0.717) is 6.20 Å². The Hall–Kier alpha value is -1.99. The quantitative estimate of drug-likeness (QED) is 0.818. The molecule has 5 nitrogen and oxygen atoms in total. The number of aromatic hydroxyl groups is 1. The zero-order valence-electron chi connectivity index (χ0n) is 7.87. The van der Waals surface area contributed by atoms with Crippen LogP contribution in [0.2, 0.25) is 0 Å². The van der Waals surface area contributed by atoms with Crippen molar-refractivity contribution in [1.82, 2.24) is 4.98 Å². The van der Waals surface area contributed by atoms with Crippen molar-refractivity contribution < 1.29 is 32.9 Å². The van der Waals surface area contributed by atoms with E-state index < -0.39 is 29.5 Å². The van der Waals surface area contributed by atoms with Gasteiger partial charge in [-0.3, -0.25) is 0 Å². The molecule has 88 valence electrons. The lowest BCUT2D eigenvalue weighted by molar-refractivity contribution is -0.276. The minimum Gasteiger partial charge on any atom is -0.506 e. The Morgan fingerprint density at radius 3 is 2.50 bits per heavy atom. The van der Waals surface area contributed by atoms with E-state index in [1.165, 1.54) is 0 Å². The molecule has 0 amide bonds. The maximum absolute atomic E-state index is 11.9. The maximum Gasteiger partial charge on any atom is 0.574 e. The molecule has 0 aliphatic heterocycles. The number of carboxylic acid groups (broad SMARTS) is 1. The van der Waals surface area contributed by atoms with Crippen LogP contribution in [0.3, 0.4) is 0 Å². The first-order valence-corrected chi connectivity index (χ1v) is 3.90. The van der Waals surface area contributed by atoms with Crippen LogP contribution in [0, 0.1) is 6.92 Å². The fraction of sp³-hybridized carbons (Fsp3) is 0.250. The molecule has 0 atom stereocenters. The minimum atomic E-state index is -5.04. The Bertz CT molecular complexity index is 430. The number of nitrogens with zero attached hydrogens (tertiary/aromatic N) is 1. The highest BCUT2D eigenvalue weighted by molar-refractivity contribution is 5.92. The van der Waals surface area contributed by atoms with E-state index in [4.69, 9.17) is 10.2 Å². The number of ether oxygens (including phenoxy) is 1. The van der Waals surface area contributed by atoms with Gasteiger partial charge in [0.1, 0.15) is 11.3 Å². The van der Waals surface area contributed by atoms with Gasteiger partial charge >= 0.3 is 12.3 Å². The third-order valence-corrected chi connectivity index (χ3v) is 1.70. The van der Waals surface area contributed by atoms with Crippen LogP contribution >= 0.6 is 0 Å². The minimum absolute atomic E-state index is 0.248. The van der Waals surface area contributed by atoms with Crippen LogP contribution in [0.25, 0.3) is 0 Å². The van der Waals surface area contributed by atoms with Crippen LogP contribution in [-0.2, 0) is 0 Å². The first-order valence-electron chi connectivity index (χ1n) is 3.90. The molecule has 1 aromatic rings. The molecule has 1 heterocycles. The van der Waals surface area contributed by atoms with Crippen LogP contribution in [0.5, 0.6) is 11.6 Å². The Labute approximate surface area is 87.1 Å². The first kappa shape index (κ1) is 12.1. The van der Waals surface area contributed by atoms with E-state index in [1.54, 1.807) is 0 Å². The fourth-order valence-corrected chi connectivity index (χ4v) is 1.01. The third kappa shape index (κ3) is 2.53. The summed E-state index contributed by atoms with van der Waals surface area (Å²) in [5.74, 6) is -3.29. The van der Waals surface area contributed by atoms with Crippen molar-refractivity contribution in [2.24, 2.45) is 0 Å². The number of carboxylic acids is 1. The molecule has 1 rings (SSSR count). The predicted octanol–water partition coefficient (Wildman–Crippen LogP) is 1.69. The SMILES string of the molecule is Cc1c(O)cnc(OC(F)(F)F)c1C(=O)O. The molecular weight excluding hydrogens is 231 g/mol. The molecule has 0 aliphatic rings. The number of pyridine rings is 1. The summed E-state index contributed by atoms with van der Waals surface area (Å²) < 4.78 is 39.1. The molecule has 2 N–H and O–H groups in total. The number of rotatable bonds is 2. The van der Waals surface area contributed by atoms with Crippen molar-refractivity contribution in [2.75, 3.05) is 0 Å². The number of hydrogen-bond acceptors (Lipinski definition) is 4. The second kappa shape index (κ2) is 3.87. The number of aromatic nitrogens is 1. The maximum atomic E-state index is 11.9. The number of hydrogen-bond donors (Lipinski definition) is 2. The highest BCUT2D eigenvalue weighted by Gasteiger charge is 2.34. The van der Waals surface area contributed by atoms with Crippen molar-refractivity contribution in [2.45, 2.75) is 13.3 Å².